The van der Waals surface area contributed by atoms with Gasteiger partial charge in [0.05, 0.1) is 0 Å². The van der Waals surface area contributed by atoms with Crippen LogP contribution in [0.4, 0.5) is 0 Å². The van der Waals surface area contributed by atoms with E-state index in [0.717, 1.165) is 24.5 Å². The van der Waals surface area contributed by atoms with Crippen molar-refractivity contribution < 1.29 is 0 Å². The molecule has 0 aliphatic rings. The van der Waals surface area contributed by atoms with Crippen molar-refractivity contribution in [3.8, 4) is 5.82 Å². The maximum Gasteiger partial charge on any atom is 0.137 e. The number of nitrogens with zero attached hydrogens (tertiary/aromatic N) is 3. The third-order valence-electron chi connectivity index (χ3n) is 2.90. The zero-order valence-corrected chi connectivity index (χ0v) is 10.3. The number of aryl methyl sites for hydroxylation is 1. The predicted octanol–water partition coefficient (Wildman–Crippen LogP) is 1.86. The normalized spacial score (nSPS) is 12.6. The second kappa shape index (κ2) is 5.10. The van der Waals surface area contributed by atoms with Crippen molar-refractivity contribution >= 4 is 0 Å². The highest BCUT2D eigenvalue weighted by Crippen LogP contribution is 2.09. The lowest BCUT2D eigenvalue weighted by Crippen LogP contribution is -2.21. The first-order valence-corrected chi connectivity index (χ1v) is 5.91. The molecule has 4 heteroatoms. The third-order valence-corrected chi connectivity index (χ3v) is 2.90. The zero-order valence-electron chi connectivity index (χ0n) is 10.3. The number of hydrogen-bond donors (Lipinski definition) is 1. The SMILES string of the molecule is CCC(N)Cc1ccc(-n2ccnc2C)nc1. The summed E-state index contributed by atoms with van der Waals surface area (Å²) in [6.45, 7) is 4.06. The van der Waals surface area contributed by atoms with Crippen molar-refractivity contribution in [2.75, 3.05) is 0 Å². The average Bonchev–Trinajstić information content (AvgIpc) is 2.76. The van der Waals surface area contributed by atoms with Gasteiger partial charge in [0.15, 0.2) is 0 Å². The van der Waals surface area contributed by atoms with Crippen LogP contribution in [0.5, 0.6) is 0 Å². The Labute approximate surface area is 102 Å². The van der Waals surface area contributed by atoms with Gasteiger partial charge in [-0.2, -0.15) is 0 Å². The number of pyridine rings is 1. The highest BCUT2D eigenvalue weighted by Gasteiger charge is 2.04. The first-order valence-electron chi connectivity index (χ1n) is 5.91. The Kier molecular flexibility index (Phi) is 3.54. The van der Waals surface area contributed by atoms with Gasteiger partial charge in [0, 0.05) is 24.6 Å². The van der Waals surface area contributed by atoms with Crippen LogP contribution in [0.25, 0.3) is 5.82 Å². The predicted molar refractivity (Wildman–Crippen MR) is 68.1 cm³/mol. The van der Waals surface area contributed by atoms with Gasteiger partial charge in [-0.25, -0.2) is 9.97 Å². The molecule has 2 rings (SSSR count). The van der Waals surface area contributed by atoms with Crippen LogP contribution in [0.2, 0.25) is 0 Å². The van der Waals surface area contributed by atoms with Gasteiger partial charge in [-0.1, -0.05) is 13.0 Å². The molecule has 0 aliphatic carbocycles. The minimum absolute atomic E-state index is 0.220. The van der Waals surface area contributed by atoms with Gasteiger partial charge < -0.3 is 5.73 Å². The summed E-state index contributed by atoms with van der Waals surface area (Å²) in [4.78, 5) is 8.62. The molecule has 0 saturated carbocycles. The van der Waals surface area contributed by atoms with Crippen molar-refractivity contribution in [3.63, 3.8) is 0 Å². The lowest BCUT2D eigenvalue weighted by Gasteiger charge is -2.09. The number of rotatable bonds is 4. The van der Waals surface area contributed by atoms with E-state index in [1.807, 2.05) is 30.0 Å². The van der Waals surface area contributed by atoms with Gasteiger partial charge in [0.25, 0.3) is 0 Å². The molecule has 0 bridgehead atoms. The standard InChI is InChI=1S/C13H18N4/c1-3-12(14)8-11-4-5-13(16-9-11)17-7-6-15-10(17)2/h4-7,9,12H,3,8,14H2,1-2H3. The van der Waals surface area contributed by atoms with Crippen LogP contribution in [0.15, 0.2) is 30.7 Å². The number of imidazole rings is 1. The lowest BCUT2D eigenvalue weighted by atomic mass is 10.1. The van der Waals surface area contributed by atoms with Gasteiger partial charge in [0.2, 0.25) is 0 Å². The van der Waals surface area contributed by atoms with Crippen molar-refractivity contribution in [3.05, 3.63) is 42.1 Å². The fourth-order valence-electron chi connectivity index (χ4n) is 1.75. The second-order valence-corrected chi connectivity index (χ2v) is 4.24. The molecule has 90 valence electrons. The first-order chi connectivity index (χ1) is 8.20. The molecule has 4 nitrogen and oxygen atoms in total. The van der Waals surface area contributed by atoms with E-state index in [-0.39, 0.29) is 6.04 Å². The summed E-state index contributed by atoms with van der Waals surface area (Å²) in [5.74, 6) is 1.84. The van der Waals surface area contributed by atoms with Crippen LogP contribution >= 0.6 is 0 Å². The summed E-state index contributed by atoms with van der Waals surface area (Å²) in [6.07, 6.45) is 7.45. The van der Waals surface area contributed by atoms with Gasteiger partial charge in [-0.15, -0.1) is 0 Å². The smallest absolute Gasteiger partial charge is 0.137 e. The van der Waals surface area contributed by atoms with Gasteiger partial charge in [-0.3, -0.25) is 4.57 Å². The van der Waals surface area contributed by atoms with E-state index in [9.17, 15) is 0 Å². The fourth-order valence-corrected chi connectivity index (χ4v) is 1.75. The molecule has 1 unspecified atom stereocenters. The maximum absolute atomic E-state index is 5.92. The van der Waals surface area contributed by atoms with Crippen LogP contribution in [0.3, 0.4) is 0 Å². The molecule has 2 heterocycles. The summed E-state index contributed by atoms with van der Waals surface area (Å²) in [5, 5.41) is 0. The molecule has 0 amide bonds. The molecular weight excluding hydrogens is 212 g/mol. The van der Waals surface area contributed by atoms with Gasteiger partial charge >= 0.3 is 0 Å². The van der Waals surface area contributed by atoms with Crippen LogP contribution < -0.4 is 5.73 Å². The minimum Gasteiger partial charge on any atom is -0.327 e. The van der Waals surface area contributed by atoms with E-state index in [2.05, 4.69) is 23.0 Å². The van der Waals surface area contributed by atoms with E-state index in [4.69, 9.17) is 5.73 Å². The van der Waals surface area contributed by atoms with E-state index in [1.165, 1.54) is 5.56 Å². The van der Waals surface area contributed by atoms with E-state index in [0.29, 0.717) is 0 Å². The second-order valence-electron chi connectivity index (χ2n) is 4.24. The monoisotopic (exact) mass is 230 g/mol. The largest absolute Gasteiger partial charge is 0.327 e. The summed E-state index contributed by atoms with van der Waals surface area (Å²) >= 11 is 0. The molecule has 0 aromatic carbocycles. The Hall–Kier alpha value is -1.68. The molecule has 17 heavy (non-hydrogen) atoms. The van der Waals surface area contributed by atoms with Crippen LogP contribution in [-0.2, 0) is 6.42 Å². The average molecular weight is 230 g/mol. The van der Waals surface area contributed by atoms with Crippen LogP contribution in [0.1, 0.15) is 24.7 Å². The topological polar surface area (TPSA) is 56.7 Å². The molecule has 2 N–H and O–H groups in total. The summed E-state index contributed by atoms with van der Waals surface area (Å²) in [5.41, 5.74) is 7.10. The Bertz CT molecular complexity index is 472. The summed E-state index contributed by atoms with van der Waals surface area (Å²) < 4.78 is 1.96. The first kappa shape index (κ1) is 11.8. The maximum atomic E-state index is 5.92. The number of nitrogens with two attached hydrogens (primary N) is 1. The Morgan fingerprint density at radius 2 is 2.18 bits per heavy atom. The quantitative estimate of drug-likeness (QED) is 0.872. The molecule has 0 radical (unpaired) electrons. The molecular formula is C13H18N4. The number of hydrogen-bond acceptors (Lipinski definition) is 3. The molecule has 0 aliphatic heterocycles. The van der Waals surface area contributed by atoms with Crippen molar-refractivity contribution in [1.82, 2.24) is 14.5 Å². The zero-order chi connectivity index (χ0) is 12.3. The minimum atomic E-state index is 0.220. The molecule has 1 atom stereocenters. The summed E-state index contributed by atoms with van der Waals surface area (Å²) in [7, 11) is 0. The highest BCUT2D eigenvalue weighted by atomic mass is 15.1. The van der Waals surface area contributed by atoms with Gasteiger partial charge in [-0.05, 0) is 31.4 Å². The summed E-state index contributed by atoms with van der Waals surface area (Å²) in [6, 6.07) is 4.31. The molecule has 0 spiro atoms. The highest BCUT2D eigenvalue weighted by molar-refractivity contribution is 5.27. The van der Waals surface area contributed by atoms with Crippen molar-refractivity contribution in [2.45, 2.75) is 32.7 Å². The fraction of sp³-hybridized carbons (Fsp3) is 0.385. The molecule has 2 aromatic heterocycles. The molecule has 0 fully saturated rings. The van der Waals surface area contributed by atoms with Crippen molar-refractivity contribution in [2.24, 2.45) is 5.73 Å². The Balaban J connectivity index is 2.16. The van der Waals surface area contributed by atoms with E-state index < -0.39 is 0 Å². The Morgan fingerprint density at radius 3 is 2.71 bits per heavy atom. The van der Waals surface area contributed by atoms with Crippen LogP contribution in [0, 0.1) is 6.92 Å². The van der Waals surface area contributed by atoms with Gasteiger partial charge in [0.1, 0.15) is 11.6 Å². The Morgan fingerprint density at radius 1 is 1.35 bits per heavy atom. The van der Waals surface area contributed by atoms with E-state index >= 15 is 0 Å². The molecule has 0 saturated heterocycles. The lowest BCUT2D eigenvalue weighted by molar-refractivity contribution is 0.645. The van der Waals surface area contributed by atoms with E-state index in [1.54, 1.807) is 6.20 Å². The van der Waals surface area contributed by atoms with Crippen LogP contribution in [-0.4, -0.2) is 20.6 Å². The number of aromatic nitrogens is 3. The van der Waals surface area contributed by atoms with Crippen molar-refractivity contribution in [1.29, 1.82) is 0 Å². The third kappa shape index (κ3) is 2.71. The molecule has 2 aromatic rings.